The van der Waals surface area contributed by atoms with Gasteiger partial charge in [0.2, 0.25) is 5.91 Å². The minimum absolute atomic E-state index is 0.0000120. The average Bonchev–Trinajstić information content (AvgIpc) is 3.52. The molecule has 1 saturated carbocycles. The lowest BCUT2D eigenvalue weighted by molar-refractivity contribution is -0.140. The van der Waals surface area contributed by atoms with E-state index in [9.17, 15) is 14.4 Å². The van der Waals surface area contributed by atoms with Crippen LogP contribution in [0.3, 0.4) is 0 Å². The van der Waals surface area contributed by atoms with Crippen molar-refractivity contribution >= 4 is 18.0 Å². The highest BCUT2D eigenvalue weighted by Crippen LogP contribution is 2.44. The van der Waals surface area contributed by atoms with Crippen LogP contribution in [-0.2, 0) is 14.3 Å². The minimum Gasteiger partial charge on any atom is -0.481 e. The molecule has 3 aliphatic rings. The van der Waals surface area contributed by atoms with Crippen LogP contribution in [0.5, 0.6) is 0 Å². The van der Waals surface area contributed by atoms with E-state index >= 15 is 0 Å². The fourth-order valence-corrected chi connectivity index (χ4v) is 5.76. The second kappa shape index (κ2) is 10.1. The Morgan fingerprint density at radius 3 is 2.29 bits per heavy atom. The van der Waals surface area contributed by atoms with Gasteiger partial charge in [0.1, 0.15) is 6.61 Å². The van der Waals surface area contributed by atoms with E-state index in [0.717, 1.165) is 25.7 Å². The van der Waals surface area contributed by atoms with Crippen molar-refractivity contribution in [1.82, 2.24) is 10.2 Å². The molecule has 0 radical (unpaired) electrons. The van der Waals surface area contributed by atoms with E-state index in [-0.39, 0.29) is 36.8 Å². The molecule has 2 unspecified atom stereocenters. The summed E-state index contributed by atoms with van der Waals surface area (Å²) in [4.78, 5) is 38.4. The molecule has 0 spiro atoms. The van der Waals surface area contributed by atoms with Crippen LogP contribution in [0.1, 0.15) is 55.6 Å². The molecule has 7 heteroatoms. The van der Waals surface area contributed by atoms with Gasteiger partial charge in [0.05, 0.1) is 6.42 Å². The van der Waals surface area contributed by atoms with Gasteiger partial charge in [-0.25, -0.2) is 4.79 Å². The molecule has 2 aromatic carbocycles. The molecule has 2 aliphatic carbocycles. The zero-order chi connectivity index (χ0) is 24.4. The first-order valence-corrected chi connectivity index (χ1v) is 12.6. The number of hydrogen-bond donors (Lipinski definition) is 2. The summed E-state index contributed by atoms with van der Waals surface area (Å²) >= 11 is 0. The number of amides is 2. The second-order valence-electron chi connectivity index (χ2n) is 9.99. The number of benzene rings is 2. The highest BCUT2D eigenvalue weighted by Gasteiger charge is 2.37. The van der Waals surface area contributed by atoms with Crippen LogP contribution in [-0.4, -0.2) is 53.7 Å². The van der Waals surface area contributed by atoms with Crippen LogP contribution < -0.4 is 5.32 Å². The number of ether oxygens (including phenoxy) is 1. The van der Waals surface area contributed by atoms with Crippen molar-refractivity contribution in [3.63, 3.8) is 0 Å². The maximum atomic E-state index is 12.9. The Labute approximate surface area is 205 Å². The van der Waals surface area contributed by atoms with Gasteiger partial charge in [-0.2, -0.15) is 0 Å². The van der Waals surface area contributed by atoms with Gasteiger partial charge in [0.25, 0.3) is 0 Å². The third-order valence-electron chi connectivity index (χ3n) is 7.69. The van der Waals surface area contributed by atoms with Gasteiger partial charge in [0.15, 0.2) is 0 Å². The standard InChI is InChI=1S/C28H32N2O5/c31-26(30-13-5-6-20(30)15-27(32)33)14-19(18-11-12-18)16-29-28(34)35-17-25-23-9-3-1-7-21(23)22-8-2-4-10-24(22)25/h1-4,7-10,18-20,25H,5-6,11-17H2,(H,29,34)(H,32,33). The summed E-state index contributed by atoms with van der Waals surface area (Å²) in [5.74, 6) is -0.386. The van der Waals surface area contributed by atoms with Crippen LogP contribution in [0.4, 0.5) is 4.79 Å². The zero-order valence-corrected chi connectivity index (χ0v) is 19.8. The number of alkyl carbamates (subject to hydrolysis) is 1. The molecule has 2 N–H and O–H groups in total. The molecule has 35 heavy (non-hydrogen) atoms. The first-order chi connectivity index (χ1) is 17.0. The van der Waals surface area contributed by atoms with Crippen LogP contribution in [0, 0.1) is 11.8 Å². The summed E-state index contributed by atoms with van der Waals surface area (Å²) in [6.07, 6.45) is 3.57. The van der Waals surface area contributed by atoms with Gasteiger partial charge in [-0.05, 0) is 59.8 Å². The summed E-state index contributed by atoms with van der Waals surface area (Å²) in [6.45, 7) is 1.27. The predicted octanol–water partition coefficient (Wildman–Crippen LogP) is 4.41. The van der Waals surface area contributed by atoms with Crippen molar-refractivity contribution < 1.29 is 24.2 Å². The molecule has 0 aromatic heterocycles. The molecule has 2 aromatic rings. The van der Waals surface area contributed by atoms with Crippen LogP contribution in [0.25, 0.3) is 11.1 Å². The predicted molar refractivity (Wildman–Crippen MR) is 131 cm³/mol. The van der Waals surface area contributed by atoms with E-state index in [4.69, 9.17) is 9.84 Å². The monoisotopic (exact) mass is 476 g/mol. The van der Waals surface area contributed by atoms with Crippen molar-refractivity contribution in [2.75, 3.05) is 19.7 Å². The van der Waals surface area contributed by atoms with Crippen molar-refractivity contribution in [3.8, 4) is 11.1 Å². The quantitative estimate of drug-likeness (QED) is 0.559. The molecule has 5 rings (SSSR count). The Hall–Kier alpha value is -3.35. The topological polar surface area (TPSA) is 95.9 Å². The number of fused-ring (bicyclic) bond motifs is 3. The largest absolute Gasteiger partial charge is 0.481 e. The fourth-order valence-electron chi connectivity index (χ4n) is 5.76. The van der Waals surface area contributed by atoms with Gasteiger partial charge < -0.3 is 20.1 Å². The first kappa shape index (κ1) is 23.4. The Bertz CT molecular complexity index is 1070. The molecule has 184 valence electrons. The summed E-state index contributed by atoms with van der Waals surface area (Å²) in [5, 5.41) is 12.0. The summed E-state index contributed by atoms with van der Waals surface area (Å²) in [5.41, 5.74) is 4.72. The van der Waals surface area contributed by atoms with Crippen LogP contribution >= 0.6 is 0 Å². The summed E-state index contributed by atoms with van der Waals surface area (Å²) < 4.78 is 5.65. The van der Waals surface area contributed by atoms with Gasteiger partial charge in [0, 0.05) is 31.5 Å². The maximum Gasteiger partial charge on any atom is 0.407 e. The Morgan fingerprint density at radius 1 is 1.00 bits per heavy atom. The van der Waals surface area contributed by atoms with Crippen molar-refractivity contribution in [2.45, 2.75) is 50.5 Å². The van der Waals surface area contributed by atoms with Crippen LogP contribution in [0.15, 0.2) is 48.5 Å². The summed E-state index contributed by atoms with van der Waals surface area (Å²) in [6, 6.07) is 16.2. The third-order valence-corrected chi connectivity index (χ3v) is 7.69. The Morgan fingerprint density at radius 2 is 1.66 bits per heavy atom. The molecule has 2 fully saturated rings. The van der Waals surface area contributed by atoms with E-state index in [1.165, 1.54) is 22.3 Å². The number of nitrogens with zero attached hydrogens (tertiary/aromatic N) is 1. The highest BCUT2D eigenvalue weighted by molar-refractivity contribution is 5.79. The average molecular weight is 477 g/mol. The number of carbonyl (C=O) groups excluding carboxylic acids is 2. The third kappa shape index (κ3) is 5.19. The first-order valence-electron chi connectivity index (χ1n) is 12.6. The number of likely N-dealkylation sites (tertiary alicyclic amines) is 1. The lowest BCUT2D eigenvalue weighted by Crippen LogP contribution is -2.40. The second-order valence-corrected chi connectivity index (χ2v) is 9.99. The van der Waals surface area contributed by atoms with E-state index in [0.29, 0.717) is 25.4 Å². The maximum absolute atomic E-state index is 12.9. The molecule has 0 bridgehead atoms. The fraction of sp³-hybridized carbons (Fsp3) is 0.464. The number of rotatable bonds is 9. The Kier molecular flexibility index (Phi) is 6.75. The number of carboxylic acids is 1. The SMILES string of the molecule is O=C(O)CC1CCCN1C(=O)CC(CNC(=O)OCC1c2ccccc2-c2ccccc21)C1CC1. The molecular formula is C28H32N2O5. The highest BCUT2D eigenvalue weighted by atomic mass is 16.5. The summed E-state index contributed by atoms with van der Waals surface area (Å²) in [7, 11) is 0. The smallest absolute Gasteiger partial charge is 0.407 e. The van der Waals surface area contributed by atoms with E-state index < -0.39 is 12.1 Å². The Balaban J connectivity index is 1.15. The molecule has 1 saturated heterocycles. The van der Waals surface area contributed by atoms with Crippen LogP contribution in [0.2, 0.25) is 0 Å². The van der Waals surface area contributed by atoms with E-state index in [1.54, 1.807) is 4.90 Å². The number of aliphatic carboxylic acids is 1. The van der Waals surface area contributed by atoms with Crippen molar-refractivity contribution in [2.24, 2.45) is 11.8 Å². The van der Waals surface area contributed by atoms with Crippen molar-refractivity contribution in [3.05, 3.63) is 59.7 Å². The normalized spacial score (nSPS) is 19.7. The van der Waals surface area contributed by atoms with E-state index in [2.05, 4.69) is 29.6 Å². The number of hydrogen-bond acceptors (Lipinski definition) is 4. The molecule has 1 heterocycles. The minimum atomic E-state index is -0.870. The molecular weight excluding hydrogens is 444 g/mol. The van der Waals surface area contributed by atoms with Gasteiger partial charge >= 0.3 is 12.1 Å². The van der Waals surface area contributed by atoms with Gasteiger partial charge in [-0.1, -0.05) is 48.5 Å². The molecule has 7 nitrogen and oxygen atoms in total. The van der Waals surface area contributed by atoms with Gasteiger partial charge in [-0.3, -0.25) is 9.59 Å². The zero-order valence-electron chi connectivity index (χ0n) is 19.8. The molecule has 1 aliphatic heterocycles. The number of carboxylic acid groups (broad SMARTS) is 1. The lowest BCUT2D eigenvalue weighted by atomic mass is 9.98. The van der Waals surface area contributed by atoms with Crippen molar-refractivity contribution in [1.29, 1.82) is 0 Å². The number of nitrogens with one attached hydrogen (secondary N) is 1. The number of carbonyl (C=O) groups is 3. The lowest BCUT2D eigenvalue weighted by Gasteiger charge is -2.26. The van der Waals surface area contributed by atoms with E-state index in [1.807, 2.05) is 24.3 Å². The molecule has 2 atom stereocenters. The molecule has 2 amide bonds. The van der Waals surface area contributed by atoms with Gasteiger partial charge in [-0.15, -0.1) is 0 Å².